The molecule has 1 atom stereocenters. The minimum atomic E-state index is -3.21. The van der Waals surface area contributed by atoms with Gasteiger partial charge in [0, 0.05) is 18.1 Å². The van der Waals surface area contributed by atoms with Crippen molar-refractivity contribution in [1.82, 2.24) is 9.88 Å². The standard InChI is InChI=1S/C15H13F3N2O2/c16-9-1-2-13-11(7-9)10(3-5-19-13)12-4-6-20(14(21)22)8-15(12,17)18/h1-3,5,7,12H,4,6,8H2,(H,21,22). The molecular formula is C15H13F3N2O2. The summed E-state index contributed by atoms with van der Waals surface area (Å²) in [5.74, 6) is -4.89. The number of benzene rings is 1. The molecule has 0 spiro atoms. The molecule has 116 valence electrons. The highest BCUT2D eigenvalue weighted by Gasteiger charge is 2.47. The maximum Gasteiger partial charge on any atom is 0.407 e. The van der Waals surface area contributed by atoms with Crippen LogP contribution < -0.4 is 0 Å². The highest BCUT2D eigenvalue weighted by atomic mass is 19.3. The average molecular weight is 310 g/mol. The molecule has 22 heavy (non-hydrogen) atoms. The van der Waals surface area contributed by atoms with Crippen molar-refractivity contribution in [2.45, 2.75) is 18.3 Å². The summed E-state index contributed by atoms with van der Waals surface area (Å²) in [5, 5.41) is 9.21. The molecule has 0 saturated carbocycles. The molecule has 1 N–H and O–H groups in total. The molecule has 7 heteroatoms. The molecule has 3 rings (SSSR count). The first-order valence-corrected chi connectivity index (χ1v) is 6.78. The predicted molar refractivity (Wildman–Crippen MR) is 73.6 cm³/mol. The van der Waals surface area contributed by atoms with Crippen LogP contribution in [0.3, 0.4) is 0 Å². The fourth-order valence-corrected chi connectivity index (χ4v) is 2.93. The summed E-state index contributed by atoms with van der Waals surface area (Å²) in [7, 11) is 0. The van der Waals surface area contributed by atoms with Gasteiger partial charge in [-0.1, -0.05) is 0 Å². The molecule has 2 heterocycles. The molecule has 2 aromatic rings. The van der Waals surface area contributed by atoms with Crippen LogP contribution in [-0.2, 0) is 0 Å². The van der Waals surface area contributed by atoms with Crippen molar-refractivity contribution in [2.75, 3.05) is 13.1 Å². The number of carbonyl (C=O) groups is 1. The van der Waals surface area contributed by atoms with Crippen LogP contribution in [0.2, 0.25) is 0 Å². The van der Waals surface area contributed by atoms with Crippen molar-refractivity contribution in [3.63, 3.8) is 0 Å². The Balaban J connectivity index is 2.04. The van der Waals surface area contributed by atoms with E-state index < -0.39 is 30.3 Å². The molecule has 1 amide bonds. The smallest absolute Gasteiger partial charge is 0.407 e. The number of pyridine rings is 1. The lowest BCUT2D eigenvalue weighted by atomic mass is 9.84. The van der Waals surface area contributed by atoms with Gasteiger partial charge in [-0.05, 0) is 36.2 Å². The van der Waals surface area contributed by atoms with Crippen LogP contribution in [0.5, 0.6) is 0 Å². The minimum absolute atomic E-state index is 0.0189. The maximum absolute atomic E-state index is 14.4. The van der Waals surface area contributed by atoms with Gasteiger partial charge in [0.2, 0.25) is 0 Å². The summed E-state index contributed by atoms with van der Waals surface area (Å²) in [6.45, 7) is -0.832. The number of piperidine rings is 1. The molecule has 1 fully saturated rings. The van der Waals surface area contributed by atoms with Gasteiger partial charge < -0.3 is 10.0 Å². The Hall–Kier alpha value is -2.31. The number of carboxylic acid groups (broad SMARTS) is 1. The number of aromatic nitrogens is 1. The van der Waals surface area contributed by atoms with Crippen LogP contribution in [-0.4, -0.2) is 40.1 Å². The summed E-state index contributed by atoms with van der Waals surface area (Å²) in [6, 6.07) is 5.32. The third-order valence-corrected chi connectivity index (χ3v) is 3.98. The normalized spacial score (nSPS) is 21.0. The van der Waals surface area contributed by atoms with E-state index in [2.05, 4.69) is 4.98 Å². The van der Waals surface area contributed by atoms with Crippen LogP contribution >= 0.6 is 0 Å². The number of likely N-dealkylation sites (tertiary alicyclic amines) is 1. The van der Waals surface area contributed by atoms with Gasteiger partial charge in [0.15, 0.2) is 0 Å². The average Bonchev–Trinajstić information content (AvgIpc) is 2.46. The van der Waals surface area contributed by atoms with E-state index in [1.54, 1.807) is 0 Å². The molecule has 4 nitrogen and oxygen atoms in total. The second-order valence-corrected chi connectivity index (χ2v) is 5.37. The van der Waals surface area contributed by atoms with Crippen LogP contribution in [0.25, 0.3) is 10.9 Å². The molecule has 0 radical (unpaired) electrons. The van der Waals surface area contributed by atoms with Crippen LogP contribution in [0.1, 0.15) is 17.9 Å². The zero-order chi connectivity index (χ0) is 15.9. The Morgan fingerprint density at radius 3 is 2.82 bits per heavy atom. The van der Waals surface area contributed by atoms with Crippen molar-refractivity contribution < 1.29 is 23.1 Å². The molecule has 1 aliphatic heterocycles. The first-order chi connectivity index (χ1) is 10.4. The third kappa shape index (κ3) is 2.47. The van der Waals surface area contributed by atoms with E-state index in [-0.39, 0.29) is 13.0 Å². The molecule has 1 unspecified atom stereocenters. The molecular weight excluding hydrogens is 297 g/mol. The summed E-state index contributed by atoms with van der Waals surface area (Å²) in [5.41, 5.74) is 0.745. The van der Waals surface area contributed by atoms with E-state index in [0.717, 1.165) is 0 Å². The first-order valence-electron chi connectivity index (χ1n) is 6.78. The van der Waals surface area contributed by atoms with Crippen molar-refractivity contribution >= 4 is 17.0 Å². The van der Waals surface area contributed by atoms with Crippen molar-refractivity contribution in [2.24, 2.45) is 0 Å². The molecule has 1 aromatic heterocycles. The summed E-state index contributed by atoms with van der Waals surface area (Å²) in [4.78, 5) is 15.6. The van der Waals surface area contributed by atoms with Crippen LogP contribution in [0.15, 0.2) is 30.5 Å². The summed E-state index contributed by atoms with van der Waals surface area (Å²) >= 11 is 0. The van der Waals surface area contributed by atoms with E-state index in [1.807, 2.05) is 0 Å². The number of fused-ring (bicyclic) bond motifs is 1. The predicted octanol–water partition coefficient (Wildman–Crippen LogP) is 3.48. The van der Waals surface area contributed by atoms with E-state index in [1.165, 1.54) is 30.5 Å². The highest BCUT2D eigenvalue weighted by Crippen LogP contribution is 2.42. The molecule has 1 aromatic carbocycles. The monoisotopic (exact) mass is 310 g/mol. The molecule has 0 bridgehead atoms. The zero-order valence-electron chi connectivity index (χ0n) is 11.5. The number of hydrogen-bond acceptors (Lipinski definition) is 2. The van der Waals surface area contributed by atoms with Gasteiger partial charge in [0.05, 0.1) is 18.0 Å². The quantitative estimate of drug-likeness (QED) is 0.877. The Labute approximate surface area is 124 Å². The molecule has 1 aliphatic rings. The van der Waals surface area contributed by atoms with Gasteiger partial charge in [0.1, 0.15) is 5.82 Å². The van der Waals surface area contributed by atoms with Gasteiger partial charge >= 0.3 is 6.09 Å². The van der Waals surface area contributed by atoms with Gasteiger partial charge in [-0.2, -0.15) is 0 Å². The largest absolute Gasteiger partial charge is 0.465 e. The highest BCUT2D eigenvalue weighted by molar-refractivity contribution is 5.82. The lowest BCUT2D eigenvalue weighted by molar-refractivity contribution is -0.0757. The van der Waals surface area contributed by atoms with E-state index in [0.29, 0.717) is 21.4 Å². The summed E-state index contributed by atoms with van der Waals surface area (Å²) in [6.07, 6.45) is 0.0354. The van der Waals surface area contributed by atoms with E-state index in [9.17, 15) is 18.0 Å². The minimum Gasteiger partial charge on any atom is -0.465 e. The Morgan fingerprint density at radius 2 is 2.14 bits per heavy atom. The van der Waals surface area contributed by atoms with Crippen LogP contribution in [0, 0.1) is 5.82 Å². The second kappa shape index (κ2) is 5.15. The Kier molecular flexibility index (Phi) is 3.42. The maximum atomic E-state index is 14.4. The lowest BCUT2D eigenvalue weighted by Crippen LogP contribution is -2.49. The number of nitrogens with zero attached hydrogens (tertiary/aromatic N) is 2. The third-order valence-electron chi connectivity index (χ3n) is 3.98. The van der Waals surface area contributed by atoms with Crippen molar-refractivity contribution in [3.05, 3.63) is 41.8 Å². The van der Waals surface area contributed by atoms with Crippen molar-refractivity contribution in [3.8, 4) is 0 Å². The van der Waals surface area contributed by atoms with Crippen LogP contribution in [0.4, 0.5) is 18.0 Å². The first kappa shape index (κ1) is 14.6. The van der Waals surface area contributed by atoms with Gasteiger partial charge in [-0.25, -0.2) is 18.0 Å². The second-order valence-electron chi connectivity index (χ2n) is 5.37. The van der Waals surface area contributed by atoms with E-state index in [4.69, 9.17) is 5.11 Å². The summed E-state index contributed by atoms with van der Waals surface area (Å²) < 4.78 is 42.2. The SMILES string of the molecule is O=C(O)N1CCC(c2ccnc3ccc(F)cc23)C(F)(F)C1. The molecule has 1 saturated heterocycles. The topological polar surface area (TPSA) is 53.4 Å². The lowest BCUT2D eigenvalue weighted by Gasteiger charge is -2.37. The fraction of sp³-hybridized carbons (Fsp3) is 0.333. The van der Waals surface area contributed by atoms with E-state index >= 15 is 0 Å². The van der Waals surface area contributed by atoms with Gasteiger partial charge in [0.25, 0.3) is 5.92 Å². The number of amides is 1. The number of hydrogen-bond donors (Lipinski definition) is 1. The fourth-order valence-electron chi connectivity index (χ4n) is 2.93. The Morgan fingerprint density at radius 1 is 1.36 bits per heavy atom. The number of alkyl halides is 2. The van der Waals surface area contributed by atoms with Gasteiger partial charge in [-0.15, -0.1) is 0 Å². The molecule has 0 aliphatic carbocycles. The zero-order valence-corrected chi connectivity index (χ0v) is 11.5. The van der Waals surface area contributed by atoms with Crippen molar-refractivity contribution in [1.29, 1.82) is 0 Å². The number of halogens is 3. The Bertz CT molecular complexity index is 736. The number of rotatable bonds is 1. The van der Waals surface area contributed by atoms with Gasteiger partial charge in [-0.3, -0.25) is 4.98 Å².